The molecule has 3 rings (SSSR count). The van der Waals surface area contributed by atoms with E-state index in [1.165, 1.54) is 6.07 Å². The summed E-state index contributed by atoms with van der Waals surface area (Å²) in [6.45, 7) is -0.659. The van der Waals surface area contributed by atoms with Crippen molar-refractivity contribution in [1.82, 2.24) is 5.32 Å². The van der Waals surface area contributed by atoms with E-state index in [2.05, 4.69) is 5.32 Å². The van der Waals surface area contributed by atoms with Gasteiger partial charge in [0.1, 0.15) is 35.6 Å². The van der Waals surface area contributed by atoms with Gasteiger partial charge in [0.15, 0.2) is 17.5 Å². The first-order chi connectivity index (χ1) is 16.1. The lowest BCUT2D eigenvalue weighted by molar-refractivity contribution is -0.164. The van der Waals surface area contributed by atoms with Gasteiger partial charge in [-0.15, -0.1) is 0 Å². The smallest absolute Gasteiger partial charge is 0.194 e. The molecule has 6 N–H and O–H groups in total. The first-order valence-corrected chi connectivity index (χ1v) is 10.9. The predicted molar refractivity (Wildman–Crippen MR) is 115 cm³/mol. The number of nitrogens with two attached hydrogens (primary N) is 1. The molecule has 1 aliphatic rings. The minimum absolute atomic E-state index is 0.0282. The van der Waals surface area contributed by atoms with Crippen LogP contribution >= 0.6 is 23.4 Å². The molecule has 34 heavy (non-hydrogen) atoms. The Morgan fingerprint density at radius 3 is 2.38 bits per heavy atom. The van der Waals surface area contributed by atoms with Gasteiger partial charge in [-0.05, 0) is 24.3 Å². The molecule has 1 aliphatic heterocycles. The SMILES string of the molecule is N#Cc1cc(F)c(SC2OC(CO)C(O)C(N/C=C(\N)c3cc(F)c(F)c(F)c3)C2O)cc1Cl. The lowest BCUT2D eigenvalue weighted by atomic mass is 9.97. The molecule has 0 aliphatic carbocycles. The van der Waals surface area contributed by atoms with Crippen molar-refractivity contribution < 1.29 is 37.6 Å². The topological polar surface area (TPSA) is 132 Å². The molecule has 5 atom stereocenters. The third-order valence-corrected chi connectivity index (χ3v) is 6.52. The van der Waals surface area contributed by atoms with E-state index in [0.29, 0.717) is 23.9 Å². The molecule has 1 saturated heterocycles. The standard InChI is InChI=1S/C21H18ClF4N3O4S/c22-10-4-16(11(23)3-9(10)5-27)34-21-20(32)18(19(31)15(7-30)33-21)29-6-14(28)8-1-12(24)17(26)13(25)2-8/h1-4,6,15,18-21,29-32H,7,28H2/b14-6-. The van der Waals surface area contributed by atoms with Crippen LogP contribution in [0.2, 0.25) is 5.02 Å². The highest BCUT2D eigenvalue weighted by Crippen LogP contribution is 2.36. The molecule has 0 aromatic heterocycles. The number of aliphatic hydroxyl groups is 3. The molecule has 182 valence electrons. The molecule has 5 unspecified atom stereocenters. The van der Waals surface area contributed by atoms with Gasteiger partial charge in [-0.1, -0.05) is 23.4 Å². The van der Waals surface area contributed by atoms with Gasteiger partial charge in [0.2, 0.25) is 0 Å². The van der Waals surface area contributed by atoms with Crippen molar-refractivity contribution in [2.75, 3.05) is 6.61 Å². The minimum atomic E-state index is -1.67. The second kappa shape index (κ2) is 10.8. The number of thioether (sulfide) groups is 1. The van der Waals surface area contributed by atoms with E-state index in [9.17, 15) is 32.9 Å². The Hall–Kier alpha value is -2.53. The first-order valence-electron chi connectivity index (χ1n) is 9.62. The lowest BCUT2D eigenvalue weighted by Gasteiger charge is -2.42. The highest BCUT2D eigenvalue weighted by molar-refractivity contribution is 7.99. The zero-order chi connectivity index (χ0) is 25.2. The van der Waals surface area contributed by atoms with Crippen molar-refractivity contribution in [2.24, 2.45) is 5.73 Å². The van der Waals surface area contributed by atoms with E-state index >= 15 is 0 Å². The highest BCUT2D eigenvalue weighted by atomic mass is 35.5. The second-order valence-corrected chi connectivity index (χ2v) is 8.79. The summed E-state index contributed by atoms with van der Waals surface area (Å²) >= 11 is 6.64. The van der Waals surface area contributed by atoms with Crippen molar-refractivity contribution in [1.29, 1.82) is 5.26 Å². The Labute approximate surface area is 200 Å². The summed E-state index contributed by atoms with van der Waals surface area (Å²) in [6, 6.07) is 3.92. The number of ether oxygens (including phenoxy) is 1. The molecule has 1 heterocycles. The van der Waals surface area contributed by atoms with E-state index in [1.807, 2.05) is 0 Å². The first kappa shape index (κ1) is 26.1. The number of nitrogens with one attached hydrogen (secondary N) is 1. The van der Waals surface area contributed by atoms with Crippen molar-refractivity contribution in [3.05, 3.63) is 69.9 Å². The monoisotopic (exact) mass is 519 g/mol. The van der Waals surface area contributed by atoms with Crippen LogP contribution in [0.25, 0.3) is 5.70 Å². The molecule has 0 radical (unpaired) electrons. The van der Waals surface area contributed by atoms with Crippen LogP contribution in [-0.4, -0.2) is 51.7 Å². The van der Waals surface area contributed by atoms with Crippen molar-refractivity contribution >= 4 is 29.1 Å². The number of rotatable bonds is 6. The van der Waals surface area contributed by atoms with E-state index in [4.69, 9.17) is 27.3 Å². The molecule has 2 aromatic rings. The van der Waals surface area contributed by atoms with Gasteiger partial charge in [-0.3, -0.25) is 0 Å². The molecular formula is C21H18ClF4N3O4S. The maximum absolute atomic E-state index is 14.4. The van der Waals surface area contributed by atoms with E-state index in [-0.39, 0.29) is 26.7 Å². The zero-order valence-electron chi connectivity index (χ0n) is 17.1. The summed E-state index contributed by atoms with van der Waals surface area (Å²) in [7, 11) is 0. The van der Waals surface area contributed by atoms with E-state index in [0.717, 1.165) is 12.3 Å². The van der Waals surface area contributed by atoms with E-state index < -0.39 is 59.7 Å². The predicted octanol–water partition coefficient (Wildman–Crippen LogP) is 2.21. The van der Waals surface area contributed by atoms with Crippen molar-refractivity contribution in [3.63, 3.8) is 0 Å². The Bertz CT molecular complexity index is 1130. The van der Waals surface area contributed by atoms with Crippen LogP contribution in [0.15, 0.2) is 35.4 Å². The fourth-order valence-electron chi connectivity index (χ4n) is 3.20. The largest absolute Gasteiger partial charge is 0.397 e. The fourth-order valence-corrected chi connectivity index (χ4v) is 4.59. The summed E-state index contributed by atoms with van der Waals surface area (Å²) in [4.78, 5) is -0.0628. The molecule has 0 spiro atoms. The molecular weight excluding hydrogens is 502 g/mol. The Balaban J connectivity index is 1.84. The number of halogens is 5. The molecule has 2 aromatic carbocycles. The second-order valence-electron chi connectivity index (χ2n) is 7.24. The van der Waals surface area contributed by atoms with Crippen LogP contribution in [0, 0.1) is 34.6 Å². The maximum Gasteiger partial charge on any atom is 0.194 e. The van der Waals surface area contributed by atoms with Gasteiger partial charge in [0.25, 0.3) is 0 Å². The summed E-state index contributed by atoms with van der Waals surface area (Å²) in [6.07, 6.45) is -3.16. The Morgan fingerprint density at radius 1 is 1.15 bits per heavy atom. The van der Waals surface area contributed by atoms with Crippen molar-refractivity contribution in [2.45, 2.75) is 34.7 Å². The summed E-state index contributed by atoms with van der Waals surface area (Å²) in [5.41, 5.74) is 4.01. The molecule has 7 nitrogen and oxygen atoms in total. The number of nitrogens with zero attached hydrogens (tertiary/aromatic N) is 1. The number of hydrogen-bond donors (Lipinski definition) is 5. The Kier molecular flexibility index (Phi) is 8.29. The van der Waals surface area contributed by atoms with Gasteiger partial charge < -0.3 is 31.1 Å². The summed E-state index contributed by atoms with van der Waals surface area (Å²) in [5, 5.41) is 42.3. The van der Waals surface area contributed by atoms with Gasteiger partial charge in [0, 0.05) is 16.7 Å². The fraction of sp³-hybridized carbons (Fsp3) is 0.286. The number of aliphatic hydroxyl groups excluding tert-OH is 3. The van der Waals surface area contributed by atoms with Gasteiger partial charge in [0.05, 0.1) is 28.9 Å². The van der Waals surface area contributed by atoms with Crippen LogP contribution < -0.4 is 11.1 Å². The van der Waals surface area contributed by atoms with Crippen LogP contribution in [0.5, 0.6) is 0 Å². The molecule has 0 amide bonds. The normalized spacial score (nSPS) is 25.1. The van der Waals surface area contributed by atoms with Crippen LogP contribution in [0.1, 0.15) is 11.1 Å². The minimum Gasteiger partial charge on any atom is -0.397 e. The quantitative estimate of drug-likeness (QED) is 0.290. The number of nitriles is 1. The van der Waals surface area contributed by atoms with Gasteiger partial charge in [-0.25, -0.2) is 17.6 Å². The molecule has 0 saturated carbocycles. The average Bonchev–Trinajstić information content (AvgIpc) is 2.80. The average molecular weight is 520 g/mol. The maximum atomic E-state index is 14.4. The van der Waals surface area contributed by atoms with Crippen LogP contribution in [0.3, 0.4) is 0 Å². The highest BCUT2D eigenvalue weighted by Gasteiger charge is 2.44. The number of hydrogen-bond acceptors (Lipinski definition) is 8. The Morgan fingerprint density at radius 2 is 1.79 bits per heavy atom. The summed E-state index contributed by atoms with van der Waals surface area (Å²) < 4.78 is 60.0. The summed E-state index contributed by atoms with van der Waals surface area (Å²) in [5.74, 6) is -5.39. The van der Waals surface area contributed by atoms with Crippen molar-refractivity contribution in [3.8, 4) is 6.07 Å². The van der Waals surface area contributed by atoms with E-state index in [1.54, 1.807) is 6.07 Å². The van der Waals surface area contributed by atoms with Crippen LogP contribution in [-0.2, 0) is 4.74 Å². The molecule has 13 heteroatoms. The van der Waals surface area contributed by atoms with Gasteiger partial charge in [-0.2, -0.15) is 5.26 Å². The van der Waals surface area contributed by atoms with Crippen LogP contribution in [0.4, 0.5) is 17.6 Å². The van der Waals surface area contributed by atoms with Gasteiger partial charge >= 0.3 is 0 Å². The lowest BCUT2D eigenvalue weighted by Crippen LogP contribution is -2.62. The third kappa shape index (κ3) is 5.41. The molecule has 1 fully saturated rings. The number of benzene rings is 2. The molecule has 0 bridgehead atoms. The zero-order valence-corrected chi connectivity index (χ0v) is 18.6. The third-order valence-electron chi connectivity index (χ3n) is 5.02.